The number of carbonyl (C=O) groups excluding carboxylic acids is 1. The smallest absolute Gasteiger partial charge is 0.247 e. The van der Waals surface area contributed by atoms with Gasteiger partial charge in [-0.2, -0.15) is 0 Å². The van der Waals surface area contributed by atoms with Gasteiger partial charge in [0.05, 0.1) is 11.8 Å². The molecule has 1 amide bonds. The van der Waals surface area contributed by atoms with E-state index in [-0.39, 0.29) is 12.0 Å². The summed E-state index contributed by atoms with van der Waals surface area (Å²) < 4.78 is 6.00. The highest BCUT2D eigenvalue weighted by Gasteiger charge is 2.42. The van der Waals surface area contributed by atoms with E-state index in [2.05, 4.69) is 29.2 Å². The molecule has 0 unspecified atom stereocenters. The third kappa shape index (κ3) is 2.84. The minimum Gasteiger partial charge on any atom is -0.467 e. The summed E-state index contributed by atoms with van der Waals surface area (Å²) in [5.74, 6) is 1.16. The van der Waals surface area contributed by atoms with Crippen molar-refractivity contribution >= 4 is 28.6 Å². The standard InChI is InChI=1S/C21H26N2O2S/c24-20(13-26-21-22-16-9-3-6-12-19(16)25-21)23-17-10-4-1-7-14(17)15-8-2-5-11-18(15)23/h1,4,7,10,15-16,18-19H,2-3,5-6,8-9,11-13H2/t15-,16+,18+,19-/m0/s1. The number of hydrogen-bond acceptors (Lipinski definition) is 4. The average Bonchev–Trinajstić information content (AvgIpc) is 3.25. The summed E-state index contributed by atoms with van der Waals surface area (Å²) in [6, 6.07) is 9.18. The van der Waals surface area contributed by atoms with Crippen LogP contribution in [0.4, 0.5) is 5.69 Å². The zero-order valence-corrected chi connectivity index (χ0v) is 15.9. The van der Waals surface area contributed by atoms with Crippen LogP contribution in [0.5, 0.6) is 0 Å². The van der Waals surface area contributed by atoms with Crippen LogP contribution >= 0.6 is 11.8 Å². The molecule has 4 atom stereocenters. The van der Waals surface area contributed by atoms with Crippen molar-refractivity contribution in [2.24, 2.45) is 4.99 Å². The minimum atomic E-state index is 0.207. The zero-order valence-electron chi connectivity index (χ0n) is 15.1. The molecule has 5 rings (SSSR count). The number of nitrogens with zero attached hydrogens (tertiary/aromatic N) is 2. The van der Waals surface area contributed by atoms with E-state index < -0.39 is 0 Å². The van der Waals surface area contributed by atoms with Gasteiger partial charge in [-0.3, -0.25) is 4.79 Å². The van der Waals surface area contributed by atoms with Crippen LogP contribution in [0.1, 0.15) is 62.8 Å². The number of thioether (sulfide) groups is 1. The number of aliphatic imine (C=N–C) groups is 1. The molecule has 1 aromatic rings. The van der Waals surface area contributed by atoms with Crippen molar-refractivity contribution < 1.29 is 9.53 Å². The first-order valence-electron chi connectivity index (χ1n) is 10.1. The molecule has 4 nitrogen and oxygen atoms in total. The average molecular weight is 371 g/mol. The van der Waals surface area contributed by atoms with Crippen LogP contribution in [0.3, 0.4) is 0 Å². The Hall–Kier alpha value is -1.49. The highest BCUT2D eigenvalue weighted by atomic mass is 32.2. The van der Waals surface area contributed by atoms with Crippen molar-refractivity contribution in [3.8, 4) is 0 Å². The molecule has 5 heteroatoms. The maximum Gasteiger partial charge on any atom is 0.247 e. The highest BCUT2D eigenvalue weighted by molar-refractivity contribution is 8.14. The zero-order chi connectivity index (χ0) is 17.5. The van der Waals surface area contributed by atoms with Crippen molar-refractivity contribution in [1.29, 1.82) is 0 Å². The van der Waals surface area contributed by atoms with E-state index in [0.717, 1.165) is 30.2 Å². The lowest BCUT2D eigenvalue weighted by Gasteiger charge is -2.32. The number of amides is 1. The molecule has 2 saturated carbocycles. The largest absolute Gasteiger partial charge is 0.467 e. The van der Waals surface area contributed by atoms with Crippen LogP contribution in [-0.2, 0) is 9.53 Å². The third-order valence-electron chi connectivity index (χ3n) is 6.44. The molecule has 2 fully saturated rings. The lowest BCUT2D eigenvalue weighted by molar-refractivity contribution is -0.116. The van der Waals surface area contributed by atoms with E-state index >= 15 is 0 Å². The van der Waals surface area contributed by atoms with E-state index in [1.807, 2.05) is 0 Å². The molecule has 2 heterocycles. The quantitative estimate of drug-likeness (QED) is 0.770. The number of anilines is 1. The summed E-state index contributed by atoms with van der Waals surface area (Å²) in [4.78, 5) is 19.9. The Morgan fingerprint density at radius 3 is 2.85 bits per heavy atom. The number of carbonyl (C=O) groups is 1. The molecule has 0 aromatic heterocycles. The lowest BCUT2D eigenvalue weighted by Crippen LogP contribution is -2.41. The normalized spacial score (nSPS) is 32.3. The summed E-state index contributed by atoms with van der Waals surface area (Å²) in [6.07, 6.45) is 9.82. The fraction of sp³-hybridized carbons (Fsp3) is 0.619. The Morgan fingerprint density at radius 1 is 1.12 bits per heavy atom. The summed E-state index contributed by atoms with van der Waals surface area (Å²) in [5, 5.41) is 0.739. The molecule has 2 aliphatic heterocycles. The fourth-order valence-corrected chi connectivity index (χ4v) is 6.01. The Morgan fingerprint density at radius 2 is 1.92 bits per heavy atom. The fourth-order valence-electron chi connectivity index (χ4n) is 5.22. The van der Waals surface area contributed by atoms with E-state index in [1.165, 1.54) is 49.4 Å². The summed E-state index contributed by atoms with van der Waals surface area (Å²) in [7, 11) is 0. The van der Waals surface area contributed by atoms with Gasteiger partial charge in [0.25, 0.3) is 0 Å². The predicted molar refractivity (Wildman–Crippen MR) is 106 cm³/mol. The van der Waals surface area contributed by atoms with Crippen LogP contribution in [0.15, 0.2) is 29.3 Å². The molecule has 0 spiro atoms. The Bertz CT molecular complexity index is 734. The molecule has 0 radical (unpaired) electrons. The van der Waals surface area contributed by atoms with Crippen LogP contribution in [-0.4, -0.2) is 35.1 Å². The molecule has 0 bridgehead atoms. The molecule has 0 N–H and O–H groups in total. The van der Waals surface area contributed by atoms with Gasteiger partial charge in [0.1, 0.15) is 6.10 Å². The van der Waals surface area contributed by atoms with Crippen molar-refractivity contribution in [2.75, 3.05) is 10.7 Å². The molecule has 26 heavy (non-hydrogen) atoms. The first kappa shape index (κ1) is 16.7. The van der Waals surface area contributed by atoms with Crippen LogP contribution in [0.25, 0.3) is 0 Å². The van der Waals surface area contributed by atoms with Gasteiger partial charge in [0, 0.05) is 17.6 Å². The van der Waals surface area contributed by atoms with Crippen molar-refractivity contribution in [2.45, 2.75) is 75.5 Å². The first-order valence-corrected chi connectivity index (χ1v) is 11.1. The second kappa shape index (κ2) is 6.91. The van der Waals surface area contributed by atoms with Crippen LogP contribution in [0.2, 0.25) is 0 Å². The van der Waals surface area contributed by atoms with Gasteiger partial charge >= 0.3 is 0 Å². The Kier molecular flexibility index (Phi) is 4.43. The number of ether oxygens (including phenoxy) is 1. The molecule has 2 aliphatic carbocycles. The second-order valence-corrected chi connectivity index (χ2v) is 8.90. The lowest BCUT2D eigenvalue weighted by atomic mass is 9.82. The highest BCUT2D eigenvalue weighted by Crippen LogP contribution is 2.47. The van der Waals surface area contributed by atoms with Gasteiger partial charge < -0.3 is 9.64 Å². The molecule has 138 valence electrons. The topological polar surface area (TPSA) is 41.9 Å². The Labute approximate surface area is 159 Å². The summed E-state index contributed by atoms with van der Waals surface area (Å²) in [6.45, 7) is 0. The van der Waals surface area contributed by atoms with Crippen molar-refractivity contribution in [3.63, 3.8) is 0 Å². The van der Waals surface area contributed by atoms with Gasteiger partial charge in [-0.25, -0.2) is 4.99 Å². The molecule has 4 aliphatic rings. The number of benzene rings is 1. The van der Waals surface area contributed by atoms with Crippen LogP contribution in [0, 0.1) is 0 Å². The monoisotopic (exact) mass is 370 g/mol. The van der Waals surface area contributed by atoms with Crippen molar-refractivity contribution in [1.82, 2.24) is 0 Å². The third-order valence-corrected chi connectivity index (χ3v) is 7.28. The van der Waals surface area contributed by atoms with E-state index in [0.29, 0.717) is 23.8 Å². The van der Waals surface area contributed by atoms with Gasteiger partial charge in [-0.1, -0.05) is 49.2 Å². The molecular formula is C21H26N2O2S. The van der Waals surface area contributed by atoms with Gasteiger partial charge in [-0.05, 0) is 43.7 Å². The maximum atomic E-state index is 13.1. The summed E-state index contributed by atoms with van der Waals surface area (Å²) >= 11 is 1.50. The van der Waals surface area contributed by atoms with E-state index in [4.69, 9.17) is 9.73 Å². The Balaban J connectivity index is 1.29. The molecule has 1 aromatic carbocycles. The predicted octanol–water partition coefficient (Wildman–Crippen LogP) is 4.49. The van der Waals surface area contributed by atoms with Gasteiger partial charge in [-0.15, -0.1) is 0 Å². The maximum absolute atomic E-state index is 13.1. The van der Waals surface area contributed by atoms with Crippen molar-refractivity contribution in [3.05, 3.63) is 29.8 Å². The van der Waals surface area contributed by atoms with Gasteiger partial charge in [0.2, 0.25) is 11.1 Å². The summed E-state index contributed by atoms with van der Waals surface area (Å²) in [5.41, 5.74) is 2.51. The number of fused-ring (bicyclic) bond motifs is 4. The molecule has 0 saturated heterocycles. The van der Waals surface area contributed by atoms with E-state index in [1.54, 1.807) is 0 Å². The second-order valence-electron chi connectivity index (χ2n) is 7.97. The van der Waals surface area contributed by atoms with E-state index in [9.17, 15) is 4.79 Å². The van der Waals surface area contributed by atoms with Crippen LogP contribution < -0.4 is 4.90 Å². The minimum absolute atomic E-state index is 0.207. The SMILES string of the molecule is O=C(CSC1=N[C@@H]2CCCC[C@@H]2O1)N1c2ccccc2[C@@H]2CCCC[C@H]21. The number of para-hydroxylation sites is 1. The van der Waals surface area contributed by atoms with Gasteiger partial charge in [0.15, 0.2) is 0 Å². The number of hydrogen-bond donors (Lipinski definition) is 0. The molecular weight excluding hydrogens is 344 g/mol. The first-order chi connectivity index (χ1) is 12.8. The number of rotatable bonds is 2.